The van der Waals surface area contributed by atoms with E-state index in [1.54, 1.807) is 11.8 Å². The van der Waals surface area contributed by atoms with E-state index in [4.69, 9.17) is 11.6 Å². The van der Waals surface area contributed by atoms with Crippen molar-refractivity contribution in [3.8, 4) is 0 Å². The average Bonchev–Trinajstić information content (AvgIpc) is 2.65. The lowest BCUT2D eigenvalue weighted by molar-refractivity contribution is -0.131. The Bertz CT molecular complexity index is 755. The molecule has 1 fully saturated rings. The van der Waals surface area contributed by atoms with Gasteiger partial charge in [-0.25, -0.2) is 0 Å². The molecule has 3 rings (SSSR count). The number of hydrogen-bond acceptors (Lipinski definition) is 3. The van der Waals surface area contributed by atoms with Crippen molar-refractivity contribution in [2.75, 3.05) is 36.8 Å². The number of hydrogen-bond donors (Lipinski definition) is 0. The van der Waals surface area contributed by atoms with E-state index in [1.807, 2.05) is 17.0 Å². The molecule has 138 valence electrons. The number of nitrogens with zero attached hydrogens (tertiary/aromatic N) is 2. The van der Waals surface area contributed by atoms with Crippen molar-refractivity contribution in [3.05, 3.63) is 58.6 Å². The molecule has 5 heteroatoms. The number of thioether (sulfide) groups is 1. The number of halogens is 1. The summed E-state index contributed by atoms with van der Waals surface area (Å²) in [7, 11) is 0. The molecule has 2 aromatic carbocycles. The highest BCUT2D eigenvalue weighted by atomic mass is 35.5. The van der Waals surface area contributed by atoms with Gasteiger partial charge in [0, 0.05) is 54.0 Å². The molecule has 1 aliphatic heterocycles. The van der Waals surface area contributed by atoms with Gasteiger partial charge in [0.1, 0.15) is 0 Å². The molecule has 0 bridgehead atoms. The topological polar surface area (TPSA) is 23.6 Å². The molecule has 26 heavy (non-hydrogen) atoms. The Morgan fingerprint density at radius 2 is 1.73 bits per heavy atom. The molecule has 3 nitrogen and oxygen atoms in total. The highest BCUT2D eigenvalue weighted by Gasteiger charge is 2.22. The second-order valence-corrected chi connectivity index (χ2v) is 8.31. The van der Waals surface area contributed by atoms with Crippen LogP contribution in [0.3, 0.4) is 0 Å². The molecule has 0 N–H and O–H groups in total. The van der Waals surface area contributed by atoms with Gasteiger partial charge >= 0.3 is 0 Å². The molecule has 0 aromatic heterocycles. The predicted molar refractivity (Wildman–Crippen MR) is 112 cm³/mol. The van der Waals surface area contributed by atoms with Crippen LogP contribution >= 0.6 is 23.4 Å². The van der Waals surface area contributed by atoms with Crippen molar-refractivity contribution >= 4 is 35.0 Å². The van der Waals surface area contributed by atoms with E-state index in [-0.39, 0.29) is 5.91 Å². The second kappa shape index (κ2) is 8.83. The number of carbonyl (C=O) groups excluding carboxylic acids is 1. The molecule has 1 heterocycles. The third-order valence-electron chi connectivity index (χ3n) is 4.75. The maximum Gasteiger partial charge on any atom is 0.223 e. The first-order valence-corrected chi connectivity index (χ1v) is 10.4. The average molecular weight is 389 g/mol. The number of carbonyl (C=O) groups is 1. The smallest absolute Gasteiger partial charge is 0.223 e. The van der Waals surface area contributed by atoms with Crippen LogP contribution < -0.4 is 4.90 Å². The summed E-state index contributed by atoms with van der Waals surface area (Å²) < 4.78 is 0. The van der Waals surface area contributed by atoms with Gasteiger partial charge in [-0.3, -0.25) is 4.79 Å². The summed E-state index contributed by atoms with van der Waals surface area (Å²) >= 11 is 7.89. The van der Waals surface area contributed by atoms with Gasteiger partial charge in [0.25, 0.3) is 0 Å². The van der Waals surface area contributed by atoms with E-state index in [1.165, 1.54) is 21.7 Å². The molecular formula is C21H25ClN2OS. The van der Waals surface area contributed by atoms with Crippen LogP contribution in [0.2, 0.25) is 5.02 Å². The number of anilines is 1. The second-order valence-electron chi connectivity index (χ2n) is 6.71. The monoisotopic (exact) mass is 388 g/mol. The Labute approximate surface area is 165 Å². The Morgan fingerprint density at radius 3 is 2.42 bits per heavy atom. The van der Waals surface area contributed by atoms with Crippen molar-refractivity contribution in [1.82, 2.24) is 4.90 Å². The zero-order valence-electron chi connectivity index (χ0n) is 15.4. The van der Waals surface area contributed by atoms with Gasteiger partial charge in [-0.15, -0.1) is 11.8 Å². The number of aryl methyl sites for hydroxylation is 2. The highest BCUT2D eigenvalue weighted by molar-refractivity contribution is 7.99. The van der Waals surface area contributed by atoms with Crippen LogP contribution in [0, 0.1) is 13.8 Å². The molecule has 1 amide bonds. The van der Waals surface area contributed by atoms with Crippen molar-refractivity contribution in [1.29, 1.82) is 0 Å². The zero-order chi connectivity index (χ0) is 18.5. The lowest BCUT2D eigenvalue weighted by atomic mass is 10.1. The molecule has 0 spiro atoms. The predicted octanol–water partition coefficient (Wildman–Crippen LogP) is 4.79. The van der Waals surface area contributed by atoms with Crippen LogP contribution in [0.5, 0.6) is 0 Å². The van der Waals surface area contributed by atoms with Crippen LogP contribution in [0.4, 0.5) is 5.69 Å². The SMILES string of the molecule is Cc1ccc(SCCC(=O)N2CCN(c3cc(Cl)ccc3C)CC2)cc1. The van der Waals surface area contributed by atoms with Gasteiger partial charge in [-0.1, -0.05) is 35.4 Å². The number of benzene rings is 2. The molecule has 1 saturated heterocycles. The van der Waals surface area contributed by atoms with Crippen LogP contribution in [0.1, 0.15) is 17.5 Å². The summed E-state index contributed by atoms with van der Waals surface area (Å²) in [6, 6.07) is 14.5. The van der Waals surface area contributed by atoms with Crippen molar-refractivity contribution < 1.29 is 4.79 Å². The molecule has 0 saturated carbocycles. The van der Waals surface area contributed by atoms with E-state index in [0.29, 0.717) is 6.42 Å². The van der Waals surface area contributed by atoms with E-state index in [0.717, 1.165) is 37.0 Å². The quantitative estimate of drug-likeness (QED) is 0.688. The Hall–Kier alpha value is -1.65. The van der Waals surface area contributed by atoms with Crippen LogP contribution in [-0.4, -0.2) is 42.7 Å². The Kier molecular flexibility index (Phi) is 6.49. The van der Waals surface area contributed by atoms with Gasteiger partial charge in [-0.2, -0.15) is 0 Å². The van der Waals surface area contributed by atoms with Crippen LogP contribution in [0.25, 0.3) is 0 Å². The van der Waals surface area contributed by atoms with E-state index >= 15 is 0 Å². The summed E-state index contributed by atoms with van der Waals surface area (Å²) in [4.78, 5) is 18.0. The first-order valence-electron chi connectivity index (χ1n) is 9.01. The standard InChI is InChI=1S/C21H25ClN2OS/c1-16-3-7-19(8-4-16)26-14-9-21(25)24-12-10-23(11-13-24)20-15-18(22)6-5-17(20)2/h3-8,15H,9-14H2,1-2H3. The summed E-state index contributed by atoms with van der Waals surface area (Å²) in [6.07, 6.45) is 0.592. The number of piperazine rings is 1. The van der Waals surface area contributed by atoms with Crippen molar-refractivity contribution in [2.24, 2.45) is 0 Å². The van der Waals surface area contributed by atoms with Gasteiger partial charge in [0.05, 0.1) is 0 Å². The highest BCUT2D eigenvalue weighted by Crippen LogP contribution is 2.25. The third kappa shape index (κ3) is 4.95. The fourth-order valence-electron chi connectivity index (χ4n) is 3.17. The largest absolute Gasteiger partial charge is 0.368 e. The lowest BCUT2D eigenvalue weighted by Crippen LogP contribution is -2.49. The normalized spacial score (nSPS) is 14.6. The molecule has 0 atom stereocenters. The maximum atomic E-state index is 12.5. The van der Waals surface area contributed by atoms with Crippen molar-refractivity contribution in [3.63, 3.8) is 0 Å². The first kappa shape index (κ1) is 19.1. The Morgan fingerprint density at radius 1 is 1.04 bits per heavy atom. The molecular weight excluding hydrogens is 364 g/mol. The number of rotatable bonds is 5. The minimum atomic E-state index is 0.257. The third-order valence-corrected chi connectivity index (χ3v) is 6.00. The molecule has 0 unspecified atom stereocenters. The summed E-state index contributed by atoms with van der Waals surface area (Å²) in [5, 5.41) is 0.761. The fourth-order valence-corrected chi connectivity index (χ4v) is 4.18. The Balaban J connectivity index is 1.46. The van der Waals surface area contributed by atoms with Gasteiger partial charge in [-0.05, 0) is 43.7 Å². The van der Waals surface area contributed by atoms with Gasteiger partial charge in [0.2, 0.25) is 5.91 Å². The number of amides is 1. The van der Waals surface area contributed by atoms with Gasteiger partial charge in [0.15, 0.2) is 0 Å². The molecule has 0 radical (unpaired) electrons. The summed E-state index contributed by atoms with van der Waals surface area (Å²) in [5.41, 5.74) is 3.67. The minimum absolute atomic E-state index is 0.257. The minimum Gasteiger partial charge on any atom is -0.368 e. The van der Waals surface area contributed by atoms with E-state index in [9.17, 15) is 4.79 Å². The van der Waals surface area contributed by atoms with E-state index < -0.39 is 0 Å². The maximum absolute atomic E-state index is 12.5. The molecule has 2 aromatic rings. The van der Waals surface area contributed by atoms with Crippen LogP contribution in [0.15, 0.2) is 47.4 Å². The fraction of sp³-hybridized carbons (Fsp3) is 0.381. The van der Waals surface area contributed by atoms with Crippen LogP contribution in [-0.2, 0) is 4.79 Å². The molecule has 1 aliphatic rings. The first-order chi connectivity index (χ1) is 12.5. The van der Waals surface area contributed by atoms with Gasteiger partial charge < -0.3 is 9.80 Å². The molecule has 0 aliphatic carbocycles. The summed E-state index contributed by atoms with van der Waals surface area (Å²) in [5.74, 6) is 1.09. The van der Waals surface area contributed by atoms with E-state index in [2.05, 4.69) is 49.1 Å². The van der Waals surface area contributed by atoms with Crippen molar-refractivity contribution in [2.45, 2.75) is 25.2 Å². The lowest BCUT2D eigenvalue weighted by Gasteiger charge is -2.37. The zero-order valence-corrected chi connectivity index (χ0v) is 16.9. The summed E-state index contributed by atoms with van der Waals surface area (Å²) in [6.45, 7) is 7.46.